The van der Waals surface area contributed by atoms with Crippen LogP contribution in [0.3, 0.4) is 0 Å². The summed E-state index contributed by atoms with van der Waals surface area (Å²) < 4.78 is 3.88. The van der Waals surface area contributed by atoms with Crippen LogP contribution in [0.1, 0.15) is 12.8 Å². The number of hydrogen-bond acceptors (Lipinski definition) is 7. The first-order valence-corrected chi connectivity index (χ1v) is 8.80. The normalized spacial score (nSPS) is 17.8. The van der Waals surface area contributed by atoms with Gasteiger partial charge in [0.1, 0.15) is 18.5 Å². The van der Waals surface area contributed by atoms with Crippen molar-refractivity contribution in [1.29, 1.82) is 0 Å². The fourth-order valence-corrected chi connectivity index (χ4v) is 3.63. The molecule has 5 rings (SSSR count). The van der Waals surface area contributed by atoms with Gasteiger partial charge in [0.2, 0.25) is 5.65 Å². The van der Waals surface area contributed by atoms with Gasteiger partial charge in [0.05, 0.1) is 0 Å². The lowest BCUT2D eigenvalue weighted by Crippen LogP contribution is -2.39. The third-order valence-electron chi connectivity index (χ3n) is 4.92. The molecule has 4 aromatic heterocycles. The van der Waals surface area contributed by atoms with E-state index in [0.29, 0.717) is 5.92 Å². The number of nitrogens with one attached hydrogen (secondary N) is 1. The predicted octanol–water partition coefficient (Wildman–Crippen LogP) is 1.50. The molecule has 4 aromatic rings. The molecule has 1 fully saturated rings. The van der Waals surface area contributed by atoms with E-state index in [1.807, 2.05) is 27.1 Å². The minimum Gasteiger partial charge on any atom is -0.371 e. The van der Waals surface area contributed by atoms with E-state index in [0.717, 1.165) is 49.0 Å². The van der Waals surface area contributed by atoms with Crippen molar-refractivity contribution in [1.82, 2.24) is 34.2 Å². The SMILES string of the molecule is c1cc(NCC2CCCN(c3nccn4cnnc34)C2)n2cnnc2c1. The van der Waals surface area contributed by atoms with Crippen LogP contribution < -0.4 is 10.2 Å². The van der Waals surface area contributed by atoms with Crippen molar-refractivity contribution < 1.29 is 0 Å². The Morgan fingerprint density at radius 3 is 3.12 bits per heavy atom. The summed E-state index contributed by atoms with van der Waals surface area (Å²) in [5.74, 6) is 2.46. The summed E-state index contributed by atoms with van der Waals surface area (Å²) >= 11 is 0. The average Bonchev–Trinajstić information content (AvgIpc) is 3.35. The number of piperidine rings is 1. The molecule has 1 atom stereocenters. The third kappa shape index (κ3) is 2.61. The van der Waals surface area contributed by atoms with Gasteiger partial charge >= 0.3 is 0 Å². The number of fused-ring (bicyclic) bond motifs is 2. The number of rotatable bonds is 4. The van der Waals surface area contributed by atoms with Crippen molar-refractivity contribution in [3.05, 3.63) is 43.2 Å². The number of aromatic nitrogens is 7. The molecule has 1 N–H and O–H groups in total. The monoisotopic (exact) mass is 349 g/mol. The van der Waals surface area contributed by atoms with E-state index in [-0.39, 0.29) is 0 Å². The van der Waals surface area contributed by atoms with E-state index in [1.165, 1.54) is 6.42 Å². The molecule has 0 bridgehead atoms. The van der Waals surface area contributed by atoms with Gasteiger partial charge in [0.15, 0.2) is 11.5 Å². The molecule has 1 saturated heterocycles. The molecule has 0 spiro atoms. The van der Waals surface area contributed by atoms with Gasteiger partial charge in [-0.2, -0.15) is 0 Å². The Labute approximate surface area is 149 Å². The molecule has 0 radical (unpaired) electrons. The fourth-order valence-electron chi connectivity index (χ4n) is 3.63. The lowest BCUT2D eigenvalue weighted by Gasteiger charge is -2.33. The van der Waals surface area contributed by atoms with Crippen molar-refractivity contribution >= 4 is 22.9 Å². The Balaban J connectivity index is 1.32. The Morgan fingerprint density at radius 1 is 1.15 bits per heavy atom. The molecule has 132 valence electrons. The van der Waals surface area contributed by atoms with Gasteiger partial charge in [-0.25, -0.2) is 4.98 Å². The molecule has 0 aromatic carbocycles. The van der Waals surface area contributed by atoms with Crippen LogP contribution in [0.5, 0.6) is 0 Å². The number of anilines is 2. The van der Waals surface area contributed by atoms with Crippen molar-refractivity contribution in [3.63, 3.8) is 0 Å². The Morgan fingerprint density at radius 2 is 2.12 bits per heavy atom. The quantitative estimate of drug-likeness (QED) is 0.597. The standard InChI is InChI=1S/C17H19N9/c1-4-14(26-12-21-22-15(26)5-1)19-9-13-3-2-7-24(10-13)16-17-23-20-11-25(17)8-6-18-16/h1,4-6,8,11-13,19H,2-3,7,9-10H2. The summed E-state index contributed by atoms with van der Waals surface area (Å²) in [4.78, 5) is 6.87. The van der Waals surface area contributed by atoms with Gasteiger partial charge in [0, 0.05) is 32.0 Å². The second-order valence-electron chi connectivity index (χ2n) is 6.62. The maximum Gasteiger partial charge on any atom is 0.203 e. The largest absolute Gasteiger partial charge is 0.371 e. The van der Waals surface area contributed by atoms with Gasteiger partial charge in [-0.15, -0.1) is 20.4 Å². The van der Waals surface area contributed by atoms with Crippen molar-refractivity contribution in [3.8, 4) is 0 Å². The number of nitrogens with zero attached hydrogens (tertiary/aromatic N) is 8. The Hall–Kier alpha value is -3.23. The van der Waals surface area contributed by atoms with Crippen molar-refractivity contribution in [2.24, 2.45) is 5.92 Å². The van der Waals surface area contributed by atoms with E-state index in [1.54, 1.807) is 18.9 Å². The van der Waals surface area contributed by atoms with E-state index >= 15 is 0 Å². The van der Waals surface area contributed by atoms with Crippen LogP contribution in [0.2, 0.25) is 0 Å². The third-order valence-corrected chi connectivity index (χ3v) is 4.92. The van der Waals surface area contributed by atoms with Crippen LogP contribution in [-0.4, -0.2) is 53.8 Å². The molecule has 1 aliphatic heterocycles. The van der Waals surface area contributed by atoms with E-state index in [9.17, 15) is 0 Å². The molecule has 5 heterocycles. The van der Waals surface area contributed by atoms with Crippen molar-refractivity contribution in [2.75, 3.05) is 29.9 Å². The summed E-state index contributed by atoms with van der Waals surface area (Å²) in [5.41, 5.74) is 1.67. The first-order valence-electron chi connectivity index (χ1n) is 8.80. The molecule has 0 aliphatic carbocycles. The number of hydrogen-bond donors (Lipinski definition) is 1. The molecule has 9 heteroatoms. The van der Waals surface area contributed by atoms with Crippen LogP contribution in [0.25, 0.3) is 11.3 Å². The lowest BCUT2D eigenvalue weighted by atomic mass is 9.98. The molecular weight excluding hydrogens is 330 g/mol. The van der Waals surface area contributed by atoms with Crippen molar-refractivity contribution in [2.45, 2.75) is 12.8 Å². The van der Waals surface area contributed by atoms with Gasteiger partial charge in [-0.1, -0.05) is 6.07 Å². The topological polar surface area (TPSA) is 88.5 Å². The zero-order chi connectivity index (χ0) is 17.3. The molecule has 0 saturated carbocycles. The molecule has 1 aliphatic rings. The zero-order valence-corrected chi connectivity index (χ0v) is 14.2. The molecule has 26 heavy (non-hydrogen) atoms. The van der Waals surface area contributed by atoms with Gasteiger partial charge in [0.25, 0.3) is 0 Å². The molecular formula is C17H19N9. The second kappa shape index (κ2) is 6.25. The fraction of sp³-hybridized carbons (Fsp3) is 0.353. The van der Waals surface area contributed by atoms with E-state index in [2.05, 4.69) is 41.7 Å². The highest BCUT2D eigenvalue weighted by Crippen LogP contribution is 2.24. The molecule has 1 unspecified atom stereocenters. The molecule has 9 nitrogen and oxygen atoms in total. The summed E-state index contributed by atoms with van der Waals surface area (Å²) in [6, 6.07) is 6.00. The summed E-state index contributed by atoms with van der Waals surface area (Å²) in [7, 11) is 0. The highest BCUT2D eigenvalue weighted by molar-refractivity contribution is 5.63. The summed E-state index contributed by atoms with van der Waals surface area (Å²) in [5, 5.41) is 19.8. The first-order chi connectivity index (χ1) is 12.9. The maximum absolute atomic E-state index is 4.55. The summed E-state index contributed by atoms with van der Waals surface area (Å²) in [6.45, 7) is 2.84. The number of pyridine rings is 1. The second-order valence-corrected chi connectivity index (χ2v) is 6.62. The Kier molecular flexibility index (Phi) is 3.62. The van der Waals surface area contributed by atoms with Gasteiger partial charge in [-0.05, 0) is 30.9 Å². The zero-order valence-electron chi connectivity index (χ0n) is 14.2. The van der Waals surface area contributed by atoms with E-state index in [4.69, 9.17) is 0 Å². The van der Waals surface area contributed by atoms with E-state index < -0.39 is 0 Å². The first kappa shape index (κ1) is 15.1. The van der Waals surface area contributed by atoms with Gasteiger partial charge in [-0.3, -0.25) is 8.80 Å². The smallest absolute Gasteiger partial charge is 0.203 e. The van der Waals surface area contributed by atoms with Gasteiger partial charge < -0.3 is 10.2 Å². The van der Waals surface area contributed by atoms with Crippen LogP contribution in [0.15, 0.2) is 43.2 Å². The van der Waals surface area contributed by atoms with Crippen LogP contribution in [0.4, 0.5) is 11.6 Å². The summed E-state index contributed by atoms with van der Waals surface area (Å²) in [6.07, 6.45) is 9.46. The minimum absolute atomic E-state index is 0.528. The average molecular weight is 349 g/mol. The molecule has 0 amide bonds. The highest BCUT2D eigenvalue weighted by Gasteiger charge is 2.23. The van der Waals surface area contributed by atoms with Crippen LogP contribution in [-0.2, 0) is 0 Å². The maximum atomic E-state index is 4.55. The Bertz CT molecular complexity index is 1040. The minimum atomic E-state index is 0.528. The predicted molar refractivity (Wildman–Crippen MR) is 97.2 cm³/mol. The highest BCUT2D eigenvalue weighted by atomic mass is 15.3. The van der Waals surface area contributed by atoms with Crippen LogP contribution in [0, 0.1) is 5.92 Å². The lowest BCUT2D eigenvalue weighted by molar-refractivity contribution is 0.430. The van der Waals surface area contributed by atoms with Crippen LogP contribution >= 0.6 is 0 Å².